The molecule has 0 fully saturated rings. The third-order valence-electron chi connectivity index (χ3n) is 1.85. The summed E-state index contributed by atoms with van der Waals surface area (Å²) in [6.07, 6.45) is 6.23. The van der Waals surface area contributed by atoms with Gasteiger partial charge >= 0.3 is 5.97 Å². The quantitative estimate of drug-likeness (QED) is 0.677. The van der Waals surface area contributed by atoms with Crippen molar-refractivity contribution in [3.8, 4) is 12.3 Å². The largest absolute Gasteiger partial charge is 0.476 e. The fourth-order valence-corrected chi connectivity index (χ4v) is 1.04. The van der Waals surface area contributed by atoms with E-state index in [-0.39, 0.29) is 11.7 Å². The van der Waals surface area contributed by atoms with E-state index in [2.05, 4.69) is 16.2 Å². The predicted molar refractivity (Wildman–Crippen MR) is 58.3 cm³/mol. The number of carboxylic acid groups (broad SMARTS) is 1. The van der Waals surface area contributed by atoms with Crippen molar-refractivity contribution < 1.29 is 14.3 Å². The number of hydrogen-bond acceptors (Lipinski definition) is 5. The van der Waals surface area contributed by atoms with Crippen molar-refractivity contribution in [2.24, 2.45) is 0 Å². The van der Waals surface area contributed by atoms with Crippen molar-refractivity contribution in [3.63, 3.8) is 0 Å². The number of carbonyl (C=O) groups is 1. The van der Waals surface area contributed by atoms with E-state index >= 15 is 0 Å². The maximum absolute atomic E-state index is 10.5. The van der Waals surface area contributed by atoms with Crippen molar-refractivity contribution in [3.05, 3.63) is 12.0 Å². The van der Waals surface area contributed by atoms with Gasteiger partial charge in [0.2, 0.25) is 0 Å². The van der Waals surface area contributed by atoms with Crippen LogP contribution in [0.15, 0.2) is 10.7 Å². The van der Waals surface area contributed by atoms with Gasteiger partial charge in [0.05, 0.1) is 6.54 Å². The van der Waals surface area contributed by atoms with Crippen molar-refractivity contribution in [1.29, 1.82) is 0 Å². The molecule has 1 aromatic heterocycles. The van der Waals surface area contributed by atoms with Gasteiger partial charge in [0.25, 0.3) is 6.01 Å². The number of aromatic carboxylic acids is 1. The molecule has 0 aliphatic heterocycles. The number of hydrogen-bond donors (Lipinski definition) is 2. The number of nitrogens with zero attached hydrogens (tertiary/aromatic N) is 2. The van der Waals surface area contributed by atoms with Gasteiger partial charge in [0.15, 0.2) is 5.69 Å². The highest BCUT2D eigenvalue weighted by molar-refractivity contribution is 5.85. The van der Waals surface area contributed by atoms with E-state index in [0.717, 1.165) is 12.8 Å². The summed E-state index contributed by atoms with van der Waals surface area (Å²) in [7, 11) is 1.89. The Morgan fingerprint density at radius 1 is 1.81 bits per heavy atom. The topological polar surface area (TPSA) is 78.6 Å². The Kier molecular flexibility index (Phi) is 4.36. The third kappa shape index (κ3) is 3.63. The maximum Gasteiger partial charge on any atom is 0.357 e. The Bertz CT molecular complexity index is 394. The van der Waals surface area contributed by atoms with Crippen molar-refractivity contribution in [1.82, 2.24) is 9.88 Å². The normalized spacial score (nSPS) is 10.1. The van der Waals surface area contributed by atoms with Gasteiger partial charge in [-0.2, -0.15) is 4.98 Å². The number of aromatic nitrogens is 1. The third-order valence-corrected chi connectivity index (χ3v) is 1.85. The van der Waals surface area contributed by atoms with E-state index in [0.29, 0.717) is 13.1 Å². The molecule has 0 aliphatic rings. The molecule has 0 aromatic carbocycles. The van der Waals surface area contributed by atoms with E-state index < -0.39 is 5.97 Å². The van der Waals surface area contributed by atoms with E-state index in [1.807, 2.05) is 11.9 Å². The molecule has 6 heteroatoms. The van der Waals surface area contributed by atoms with Crippen LogP contribution in [-0.4, -0.2) is 47.6 Å². The first-order chi connectivity index (χ1) is 7.63. The number of carboxylic acids is 1. The molecule has 0 bridgehead atoms. The minimum Gasteiger partial charge on any atom is -0.476 e. The van der Waals surface area contributed by atoms with Crippen LogP contribution in [0.25, 0.3) is 0 Å². The summed E-state index contributed by atoms with van der Waals surface area (Å²) in [6.45, 7) is 1.86. The van der Waals surface area contributed by atoms with Crippen LogP contribution in [-0.2, 0) is 0 Å². The second-order valence-electron chi connectivity index (χ2n) is 3.21. The van der Waals surface area contributed by atoms with Gasteiger partial charge in [-0.05, 0) is 7.05 Å². The molecule has 2 N–H and O–H groups in total. The van der Waals surface area contributed by atoms with Crippen LogP contribution < -0.4 is 5.32 Å². The van der Waals surface area contributed by atoms with Gasteiger partial charge in [0, 0.05) is 13.1 Å². The van der Waals surface area contributed by atoms with Crippen LogP contribution in [0.5, 0.6) is 0 Å². The molecule has 1 rings (SSSR count). The summed E-state index contributed by atoms with van der Waals surface area (Å²) in [5, 5.41) is 11.5. The van der Waals surface area contributed by atoms with Gasteiger partial charge in [-0.25, -0.2) is 4.79 Å². The maximum atomic E-state index is 10.5. The molecular weight excluding hydrogens is 210 g/mol. The van der Waals surface area contributed by atoms with Gasteiger partial charge in [-0.15, -0.1) is 6.42 Å². The highest BCUT2D eigenvalue weighted by atomic mass is 16.4. The number of likely N-dealkylation sites (N-methyl/N-ethyl adjacent to an activating group) is 1. The van der Waals surface area contributed by atoms with Crippen LogP contribution in [0.2, 0.25) is 0 Å². The lowest BCUT2D eigenvalue weighted by Crippen LogP contribution is -2.25. The fraction of sp³-hybridized carbons (Fsp3) is 0.400. The number of oxazole rings is 1. The van der Waals surface area contributed by atoms with Crippen LogP contribution in [0.3, 0.4) is 0 Å². The molecule has 0 saturated heterocycles. The Hall–Kier alpha value is -2.00. The van der Waals surface area contributed by atoms with E-state index in [1.54, 1.807) is 0 Å². The van der Waals surface area contributed by atoms with Gasteiger partial charge in [0.1, 0.15) is 6.26 Å². The zero-order valence-corrected chi connectivity index (χ0v) is 8.93. The molecule has 0 amide bonds. The van der Waals surface area contributed by atoms with Crippen LogP contribution in [0, 0.1) is 12.3 Å². The first-order valence-electron chi connectivity index (χ1n) is 4.68. The molecule has 0 atom stereocenters. The van der Waals surface area contributed by atoms with Crippen LogP contribution >= 0.6 is 0 Å². The molecular formula is C10H13N3O3. The Morgan fingerprint density at radius 3 is 3.12 bits per heavy atom. The second kappa shape index (κ2) is 5.78. The Morgan fingerprint density at radius 2 is 2.56 bits per heavy atom. The lowest BCUT2D eigenvalue weighted by atomic mass is 10.5. The first-order valence-corrected chi connectivity index (χ1v) is 4.68. The molecule has 0 radical (unpaired) electrons. The molecule has 0 unspecified atom stereocenters. The van der Waals surface area contributed by atoms with Gasteiger partial charge in [-0.1, -0.05) is 5.92 Å². The highest BCUT2D eigenvalue weighted by Crippen LogP contribution is 2.06. The first kappa shape index (κ1) is 12.1. The smallest absolute Gasteiger partial charge is 0.357 e. The number of nitrogens with one attached hydrogen (secondary N) is 1. The molecule has 1 aromatic rings. The molecule has 16 heavy (non-hydrogen) atoms. The van der Waals surface area contributed by atoms with Gasteiger partial charge in [-0.3, -0.25) is 4.90 Å². The Labute approximate surface area is 93.3 Å². The lowest BCUT2D eigenvalue weighted by Gasteiger charge is -2.12. The Balaban J connectivity index is 2.32. The number of anilines is 1. The minimum absolute atomic E-state index is 0.112. The number of rotatable bonds is 6. The van der Waals surface area contributed by atoms with E-state index in [1.165, 1.54) is 0 Å². The average molecular weight is 223 g/mol. The monoisotopic (exact) mass is 223 g/mol. The van der Waals surface area contributed by atoms with Crippen molar-refractivity contribution in [2.45, 2.75) is 0 Å². The summed E-state index contributed by atoms with van der Waals surface area (Å²) in [5.74, 6) is 1.41. The lowest BCUT2D eigenvalue weighted by molar-refractivity contribution is 0.0690. The molecule has 0 spiro atoms. The zero-order chi connectivity index (χ0) is 12.0. The standard InChI is InChI=1S/C10H13N3O3/c1-3-5-13(2)6-4-11-10-12-8(7-16-10)9(14)15/h1,7H,4-6H2,2H3,(H,11,12)(H,14,15). The summed E-state index contributed by atoms with van der Waals surface area (Å²) in [6, 6.07) is 0.200. The highest BCUT2D eigenvalue weighted by Gasteiger charge is 2.09. The van der Waals surface area contributed by atoms with Crippen molar-refractivity contribution in [2.75, 3.05) is 32.0 Å². The van der Waals surface area contributed by atoms with Crippen LogP contribution in [0.1, 0.15) is 10.5 Å². The molecule has 6 nitrogen and oxygen atoms in total. The average Bonchev–Trinajstić information content (AvgIpc) is 2.67. The summed E-state index contributed by atoms with van der Waals surface area (Å²) < 4.78 is 4.91. The predicted octanol–water partition coefficient (Wildman–Crippen LogP) is 0.350. The summed E-state index contributed by atoms with van der Waals surface area (Å²) in [4.78, 5) is 16.2. The van der Waals surface area contributed by atoms with Crippen LogP contribution in [0.4, 0.5) is 6.01 Å². The van der Waals surface area contributed by atoms with Crippen molar-refractivity contribution >= 4 is 12.0 Å². The molecule has 0 aliphatic carbocycles. The van der Waals surface area contributed by atoms with E-state index in [9.17, 15) is 4.79 Å². The molecule has 0 saturated carbocycles. The SMILES string of the molecule is C#CCN(C)CCNc1nc(C(=O)O)co1. The van der Waals surface area contributed by atoms with Gasteiger partial charge < -0.3 is 14.8 Å². The zero-order valence-electron chi connectivity index (χ0n) is 8.93. The minimum atomic E-state index is -1.11. The molecule has 1 heterocycles. The number of terminal acetylenes is 1. The summed E-state index contributed by atoms with van der Waals surface area (Å²) >= 11 is 0. The second-order valence-corrected chi connectivity index (χ2v) is 3.21. The van der Waals surface area contributed by atoms with E-state index in [4.69, 9.17) is 15.9 Å². The molecule has 86 valence electrons. The summed E-state index contributed by atoms with van der Waals surface area (Å²) in [5.41, 5.74) is -0.112. The fourth-order valence-electron chi connectivity index (χ4n) is 1.04.